The molecule has 0 unspecified atom stereocenters. The number of thiophene rings is 2. The number of rotatable bonds is 3. The van der Waals surface area contributed by atoms with Gasteiger partial charge in [-0.3, -0.25) is 0 Å². The Morgan fingerprint density at radius 1 is 1.26 bits per heavy atom. The molecule has 0 aromatic carbocycles. The van der Waals surface area contributed by atoms with Crippen molar-refractivity contribution in [1.29, 1.82) is 5.26 Å². The Bertz CT molecular complexity index is 731. The summed E-state index contributed by atoms with van der Waals surface area (Å²) in [5.41, 5.74) is 1.70. The molecular formula is C14H8N2S2Se. The first-order valence-corrected chi connectivity index (χ1v) is 9.12. The molecule has 0 bridgehead atoms. The molecule has 0 fully saturated rings. The van der Waals surface area contributed by atoms with E-state index in [0.717, 1.165) is 15.1 Å². The third-order valence-electron chi connectivity index (χ3n) is 2.46. The molecule has 3 aromatic heterocycles. The fourth-order valence-corrected chi connectivity index (χ4v) is 4.75. The summed E-state index contributed by atoms with van der Waals surface area (Å²) < 4.78 is 0.923. The van der Waals surface area contributed by atoms with E-state index in [9.17, 15) is 5.26 Å². The predicted octanol–water partition coefficient (Wildman–Crippen LogP) is 3.99. The van der Waals surface area contributed by atoms with Gasteiger partial charge in [0.2, 0.25) is 0 Å². The average Bonchev–Trinajstić information content (AvgIpc) is 3.15. The zero-order valence-corrected chi connectivity index (χ0v) is 13.1. The van der Waals surface area contributed by atoms with Gasteiger partial charge in [-0.2, -0.15) is 0 Å². The second-order valence-electron chi connectivity index (χ2n) is 3.70. The first kappa shape index (κ1) is 12.6. The van der Waals surface area contributed by atoms with Crippen LogP contribution in [0.4, 0.5) is 0 Å². The maximum absolute atomic E-state index is 9.30. The third-order valence-corrected chi connectivity index (χ3v) is 6.01. The fourth-order valence-electron chi connectivity index (χ4n) is 1.59. The Labute approximate surface area is 125 Å². The summed E-state index contributed by atoms with van der Waals surface area (Å²) >= 11 is 3.47. The molecule has 0 radical (unpaired) electrons. The van der Waals surface area contributed by atoms with Crippen LogP contribution in [0.25, 0.3) is 22.2 Å². The molecule has 0 atom stereocenters. The van der Waals surface area contributed by atoms with Crippen LogP contribution in [-0.2, 0) is 0 Å². The van der Waals surface area contributed by atoms with Crippen LogP contribution in [0.15, 0.2) is 40.0 Å². The average molecular weight is 347 g/mol. The molecule has 3 heterocycles. The molecule has 0 saturated heterocycles. The van der Waals surface area contributed by atoms with E-state index < -0.39 is 0 Å². The van der Waals surface area contributed by atoms with Crippen LogP contribution < -0.4 is 0 Å². The minimum absolute atomic E-state index is 0.151. The standard InChI is InChI=1S/C14H8N2S2Se/c15-8-10(7-11-3-1-5-17-11)14-16-12(9-19-14)13-4-2-6-18-13/h1-7,9H/b10-7+. The van der Waals surface area contributed by atoms with Crippen molar-refractivity contribution in [3.05, 3.63) is 49.4 Å². The van der Waals surface area contributed by atoms with Gasteiger partial charge in [0, 0.05) is 0 Å². The van der Waals surface area contributed by atoms with E-state index in [1.807, 2.05) is 35.0 Å². The molecule has 0 N–H and O–H groups in total. The zero-order valence-electron chi connectivity index (χ0n) is 9.74. The number of aromatic nitrogens is 1. The summed E-state index contributed by atoms with van der Waals surface area (Å²) in [6.07, 6.45) is 1.93. The number of nitrogens with zero attached hydrogens (tertiary/aromatic N) is 2. The molecular weight excluding hydrogens is 339 g/mol. The summed E-state index contributed by atoms with van der Waals surface area (Å²) in [6, 6.07) is 10.4. The van der Waals surface area contributed by atoms with Gasteiger partial charge >= 0.3 is 125 Å². The molecule has 0 aliphatic heterocycles. The van der Waals surface area contributed by atoms with Gasteiger partial charge in [0.25, 0.3) is 0 Å². The molecule has 2 nitrogen and oxygen atoms in total. The molecule has 0 saturated carbocycles. The molecule has 19 heavy (non-hydrogen) atoms. The summed E-state index contributed by atoms with van der Waals surface area (Å²) in [4.78, 5) is 9.03. The molecule has 0 amide bonds. The molecule has 3 rings (SSSR count). The van der Waals surface area contributed by atoms with Crippen molar-refractivity contribution in [2.45, 2.75) is 0 Å². The number of allylic oxidation sites excluding steroid dienone is 1. The van der Waals surface area contributed by atoms with Crippen molar-refractivity contribution in [2.75, 3.05) is 0 Å². The number of nitriles is 1. The molecule has 0 aliphatic carbocycles. The van der Waals surface area contributed by atoms with Crippen molar-refractivity contribution in [2.24, 2.45) is 0 Å². The zero-order chi connectivity index (χ0) is 13.1. The molecule has 0 spiro atoms. The molecule has 3 aromatic rings. The van der Waals surface area contributed by atoms with Gasteiger partial charge in [-0.1, -0.05) is 0 Å². The second-order valence-corrected chi connectivity index (χ2v) is 7.43. The van der Waals surface area contributed by atoms with E-state index in [2.05, 4.69) is 22.1 Å². The second kappa shape index (κ2) is 5.68. The predicted molar refractivity (Wildman–Crippen MR) is 82.3 cm³/mol. The van der Waals surface area contributed by atoms with E-state index in [-0.39, 0.29) is 14.5 Å². The Kier molecular flexibility index (Phi) is 3.76. The van der Waals surface area contributed by atoms with Crippen LogP contribution in [0.2, 0.25) is 0 Å². The monoisotopic (exact) mass is 348 g/mol. The van der Waals surface area contributed by atoms with Gasteiger partial charge < -0.3 is 0 Å². The van der Waals surface area contributed by atoms with E-state index in [1.165, 1.54) is 4.88 Å². The first-order chi connectivity index (χ1) is 9.36. The van der Waals surface area contributed by atoms with Crippen LogP contribution in [0.3, 0.4) is 0 Å². The van der Waals surface area contributed by atoms with Crippen LogP contribution in [0.1, 0.15) is 9.44 Å². The number of hydrogen-bond donors (Lipinski definition) is 0. The fraction of sp³-hybridized carbons (Fsp3) is 0. The summed E-state index contributed by atoms with van der Waals surface area (Å²) in [7, 11) is 0. The summed E-state index contributed by atoms with van der Waals surface area (Å²) in [6.45, 7) is 0. The maximum atomic E-state index is 9.30. The summed E-state index contributed by atoms with van der Waals surface area (Å²) in [5.74, 6) is 0. The van der Waals surface area contributed by atoms with Crippen molar-refractivity contribution in [1.82, 2.24) is 4.98 Å². The Balaban J connectivity index is 1.96. The molecule has 0 aliphatic rings. The van der Waals surface area contributed by atoms with Crippen molar-refractivity contribution < 1.29 is 0 Å². The van der Waals surface area contributed by atoms with Gasteiger partial charge in [0.05, 0.1) is 0 Å². The van der Waals surface area contributed by atoms with Crippen molar-refractivity contribution in [3.8, 4) is 16.6 Å². The van der Waals surface area contributed by atoms with Gasteiger partial charge in [-0.25, -0.2) is 0 Å². The van der Waals surface area contributed by atoms with Crippen LogP contribution in [0.5, 0.6) is 0 Å². The van der Waals surface area contributed by atoms with Crippen molar-refractivity contribution in [3.63, 3.8) is 0 Å². The Morgan fingerprint density at radius 3 is 2.79 bits per heavy atom. The van der Waals surface area contributed by atoms with E-state index in [1.54, 1.807) is 22.7 Å². The Hall–Kier alpha value is -1.44. The van der Waals surface area contributed by atoms with Crippen LogP contribution >= 0.6 is 22.7 Å². The molecule has 5 heteroatoms. The Morgan fingerprint density at radius 2 is 2.11 bits per heavy atom. The third kappa shape index (κ3) is 2.78. The van der Waals surface area contributed by atoms with E-state index in [0.29, 0.717) is 5.57 Å². The van der Waals surface area contributed by atoms with Crippen LogP contribution in [-0.4, -0.2) is 19.5 Å². The van der Waals surface area contributed by atoms with Gasteiger partial charge in [0.1, 0.15) is 0 Å². The van der Waals surface area contributed by atoms with Gasteiger partial charge in [0.15, 0.2) is 0 Å². The molecule has 92 valence electrons. The normalized spacial score (nSPS) is 11.4. The SMILES string of the molecule is N#C/C(=C\c1cccs1)c1nc(-c2cccs2)c[se]1. The van der Waals surface area contributed by atoms with E-state index in [4.69, 9.17) is 0 Å². The number of hydrogen-bond acceptors (Lipinski definition) is 4. The minimum atomic E-state index is 0.151. The van der Waals surface area contributed by atoms with Crippen molar-refractivity contribution >= 4 is 48.8 Å². The first-order valence-electron chi connectivity index (χ1n) is 5.52. The van der Waals surface area contributed by atoms with E-state index >= 15 is 0 Å². The van der Waals surface area contributed by atoms with Gasteiger partial charge in [-0.15, -0.1) is 0 Å². The summed E-state index contributed by atoms with van der Waals surface area (Å²) in [5, 5.41) is 13.4. The quantitative estimate of drug-likeness (QED) is 0.531. The topological polar surface area (TPSA) is 36.7 Å². The van der Waals surface area contributed by atoms with Gasteiger partial charge in [-0.05, 0) is 0 Å². The van der Waals surface area contributed by atoms with Crippen LogP contribution in [0, 0.1) is 11.3 Å².